The van der Waals surface area contributed by atoms with E-state index in [1.807, 2.05) is 48.2 Å². The van der Waals surface area contributed by atoms with Crippen LogP contribution in [0.3, 0.4) is 0 Å². The summed E-state index contributed by atoms with van der Waals surface area (Å²) in [5.41, 5.74) is 1.16. The van der Waals surface area contributed by atoms with Gasteiger partial charge in [0.25, 0.3) is 0 Å². The molecule has 0 bridgehead atoms. The minimum absolute atomic E-state index is 0.677. The number of thioether (sulfide) groups is 1. The van der Waals surface area contributed by atoms with Crippen LogP contribution in [0.5, 0.6) is 0 Å². The van der Waals surface area contributed by atoms with Gasteiger partial charge in [0, 0.05) is 27.2 Å². The van der Waals surface area contributed by atoms with Crippen molar-refractivity contribution in [1.29, 1.82) is 0 Å². The quantitative estimate of drug-likeness (QED) is 0.563. The van der Waals surface area contributed by atoms with Crippen molar-refractivity contribution in [1.82, 2.24) is 0 Å². The molecule has 1 nitrogen and oxygen atoms in total. The molecule has 2 aromatic rings. The topological polar surface area (TPSA) is 17.1 Å². The molecule has 0 aliphatic carbocycles. The largest absolute Gasteiger partial charge is 0.259 e. The SMILES string of the molecule is O=S(CCCSc1ccccc1)Cc1ccccc1. The average molecular weight is 290 g/mol. The van der Waals surface area contributed by atoms with Crippen molar-refractivity contribution in [3.63, 3.8) is 0 Å². The summed E-state index contributed by atoms with van der Waals surface area (Å²) in [6.45, 7) is 0. The first-order chi connectivity index (χ1) is 9.34. The van der Waals surface area contributed by atoms with Gasteiger partial charge < -0.3 is 0 Å². The van der Waals surface area contributed by atoms with Gasteiger partial charge >= 0.3 is 0 Å². The summed E-state index contributed by atoms with van der Waals surface area (Å²) in [6, 6.07) is 20.4. The zero-order valence-corrected chi connectivity index (χ0v) is 12.5. The number of hydrogen-bond donors (Lipinski definition) is 0. The molecule has 0 saturated carbocycles. The van der Waals surface area contributed by atoms with Gasteiger partial charge in [0.2, 0.25) is 0 Å². The van der Waals surface area contributed by atoms with Gasteiger partial charge in [-0.15, -0.1) is 11.8 Å². The molecular weight excluding hydrogens is 272 g/mol. The van der Waals surface area contributed by atoms with Crippen LogP contribution < -0.4 is 0 Å². The van der Waals surface area contributed by atoms with E-state index < -0.39 is 10.8 Å². The summed E-state index contributed by atoms with van der Waals surface area (Å²) >= 11 is 1.83. The van der Waals surface area contributed by atoms with Gasteiger partial charge in [-0.05, 0) is 29.9 Å². The average Bonchev–Trinajstić information content (AvgIpc) is 2.46. The highest BCUT2D eigenvalue weighted by molar-refractivity contribution is 7.99. The van der Waals surface area contributed by atoms with Crippen LogP contribution in [-0.4, -0.2) is 15.7 Å². The van der Waals surface area contributed by atoms with Crippen LogP contribution in [-0.2, 0) is 16.6 Å². The van der Waals surface area contributed by atoms with Crippen LogP contribution in [0.2, 0.25) is 0 Å². The Morgan fingerprint density at radius 1 is 0.895 bits per heavy atom. The Bertz CT molecular complexity index is 497. The van der Waals surface area contributed by atoms with E-state index >= 15 is 0 Å². The molecule has 2 rings (SSSR count). The third kappa shape index (κ3) is 5.62. The molecule has 0 aliphatic heterocycles. The van der Waals surface area contributed by atoms with Crippen molar-refractivity contribution in [3.8, 4) is 0 Å². The number of hydrogen-bond acceptors (Lipinski definition) is 2. The van der Waals surface area contributed by atoms with Crippen molar-refractivity contribution in [2.75, 3.05) is 11.5 Å². The van der Waals surface area contributed by atoms with Crippen LogP contribution in [0.4, 0.5) is 0 Å². The van der Waals surface area contributed by atoms with E-state index in [1.165, 1.54) is 4.90 Å². The second-order valence-corrected chi connectivity index (χ2v) is 7.03. The minimum Gasteiger partial charge on any atom is -0.259 e. The van der Waals surface area contributed by atoms with Crippen molar-refractivity contribution in [3.05, 3.63) is 66.2 Å². The highest BCUT2D eigenvalue weighted by Gasteiger charge is 2.01. The molecule has 100 valence electrons. The lowest BCUT2D eigenvalue weighted by Crippen LogP contribution is -2.01. The van der Waals surface area contributed by atoms with Gasteiger partial charge in [0.15, 0.2) is 0 Å². The van der Waals surface area contributed by atoms with Crippen molar-refractivity contribution in [2.45, 2.75) is 17.1 Å². The molecule has 1 unspecified atom stereocenters. The Morgan fingerprint density at radius 3 is 2.21 bits per heavy atom. The molecule has 0 spiro atoms. The summed E-state index contributed by atoms with van der Waals surface area (Å²) in [7, 11) is -0.742. The standard InChI is InChI=1S/C16H18OS2/c17-19(14-15-8-3-1-4-9-15)13-7-12-18-16-10-5-2-6-11-16/h1-6,8-11H,7,12-14H2. The first-order valence-corrected chi connectivity index (χ1v) is 8.89. The molecule has 1 atom stereocenters. The molecule has 2 aromatic carbocycles. The van der Waals surface area contributed by atoms with E-state index in [1.54, 1.807) is 0 Å². The Labute approximate surface area is 121 Å². The fourth-order valence-corrected chi connectivity index (χ4v) is 3.99. The van der Waals surface area contributed by atoms with Crippen LogP contribution in [0, 0.1) is 0 Å². The molecule has 0 aromatic heterocycles. The van der Waals surface area contributed by atoms with E-state index in [4.69, 9.17) is 0 Å². The Hall–Kier alpha value is -1.06. The van der Waals surface area contributed by atoms with Gasteiger partial charge in [-0.2, -0.15) is 0 Å². The highest BCUT2D eigenvalue weighted by atomic mass is 32.2. The van der Waals surface area contributed by atoms with Crippen molar-refractivity contribution in [2.24, 2.45) is 0 Å². The van der Waals surface area contributed by atoms with Crippen LogP contribution in [0.15, 0.2) is 65.6 Å². The van der Waals surface area contributed by atoms with E-state index in [0.29, 0.717) is 5.75 Å². The Balaban J connectivity index is 1.65. The van der Waals surface area contributed by atoms with Gasteiger partial charge in [-0.25, -0.2) is 0 Å². The summed E-state index contributed by atoms with van der Waals surface area (Å²) in [5.74, 6) is 2.50. The number of benzene rings is 2. The van der Waals surface area contributed by atoms with Gasteiger partial charge in [0.05, 0.1) is 0 Å². The third-order valence-electron chi connectivity index (χ3n) is 2.70. The fourth-order valence-electron chi connectivity index (χ4n) is 1.76. The zero-order valence-electron chi connectivity index (χ0n) is 10.8. The zero-order chi connectivity index (χ0) is 13.3. The summed E-state index contributed by atoms with van der Waals surface area (Å²) < 4.78 is 11.9. The lowest BCUT2D eigenvalue weighted by atomic mass is 10.2. The monoisotopic (exact) mass is 290 g/mol. The first kappa shape index (κ1) is 14.4. The van der Waals surface area contributed by atoms with Gasteiger partial charge in [0.1, 0.15) is 0 Å². The van der Waals surface area contributed by atoms with E-state index in [0.717, 1.165) is 23.5 Å². The molecule has 0 N–H and O–H groups in total. The first-order valence-electron chi connectivity index (χ1n) is 6.41. The lowest BCUT2D eigenvalue weighted by molar-refractivity contribution is 0.681. The second-order valence-electron chi connectivity index (χ2n) is 4.29. The van der Waals surface area contributed by atoms with E-state index in [9.17, 15) is 4.21 Å². The van der Waals surface area contributed by atoms with Gasteiger partial charge in [-0.1, -0.05) is 48.5 Å². The molecule has 0 heterocycles. The highest BCUT2D eigenvalue weighted by Crippen LogP contribution is 2.18. The predicted octanol–water partition coefficient (Wildman–Crippen LogP) is 4.12. The minimum atomic E-state index is -0.742. The molecule has 0 fully saturated rings. The molecule has 0 radical (unpaired) electrons. The Morgan fingerprint density at radius 2 is 1.53 bits per heavy atom. The molecule has 0 aliphatic rings. The second kappa shape index (κ2) is 8.18. The van der Waals surface area contributed by atoms with Crippen LogP contribution in [0.1, 0.15) is 12.0 Å². The summed E-state index contributed by atoms with van der Waals surface area (Å²) in [5, 5.41) is 0. The van der Waals surface area contributed by atoms with Crippen molar-refractivity contribution < 1.29 is 4.21 Å². The molecule has 3 heteroatoms. The smallest absolute Gasteiger partial charge is 0.0485 e. The fraction of sp³-hybridized carbons (Fsp3) is 0.250. The molecule has 0 saturated heterocycles. The maximum atomic E-state index is 11.9. The summed E-state index contributed by atoms with van der Waals surface area (Å²) in [6.07, 6.45) is 0.999. The van der Waals surface area contributed by atoms with Gasteiger partial charge in [-0.3, -0.25) is 4.21 Å². The molecular formula is C16H18OS2. The van der Waals surface area contributed by atoms with Crippen LogP contribution >= 0.6 is 11.8 Å². The maximum Gasteiger partial charge on any atom is 0.0485 e. The maximum absolute atomic E-state index is 11.9. The Kier molecular flexibility index (Phi) is 6.18. The van der Waals surface area contributed by atoms with E-state index in [-0.39, 0.29) is 0 Å². The van der Waals surface area contributed by atoms with Crippen molar-refractivity contribution >= 4 is 22.6 Å². The normalized spacial score (nSPS) is 12.2. The predicted molar refractivity (Wildman–Crippen MR) is 84.9 cm³/mol. The number of rotatable bonds is 7. The molecule has 19 heavy (non-hydrogen) atoms. The summed E-state index contributed by atoms with van der Waals surface area (Å²) in [4.78, 5) is 1.29. The molecule has 0 amide bonds. The third-order valence-corrected chi connectivity index (χ3v) is 5.20. The lowest BCUT2D eigenvalue weighted by Gasteiger charge is -2.03. The van der Waals surface area contributed by atoms with Crippen LogP contribution in [0.25, 0.3) is 0 Å². The van der Waals surface area contributed by atoms with E-state index in [2.05, 4.69) is 24.3 Å².